The van der Waals surface area contributed by atoms with Crippen LogP contribution in [0.2, 0.25) is 0 Å². The van der Waals surface area contributed by atoms with Crippen molar-refractivity contribution in [2.24, 2.45) is 5.73 Å². The van der Waals surface area contributed by atoms with Crippen LogP contribution in [0.25, 0.3) is 27.9 Å². The predicted molar refractivity (Wildman–Crippen MR) is 132 cm³/mol. The molecule has 0 unspecified atom stereocenters. The van der Waals surface area contributed by atoms with Gasteiger partial charge in [0.1, 0.15) is 5.75 Å². The number of piperazine rings is 1. The van der Waals surface area contributed by atoms with Crippen LogP contribution in [0.4, 0.5) is 11.6 Å². The second-order valence-electron chi connectivity index (χ2n) is 8.35. The Balaban J connectivity index is 1.38. The van der Waals surface area contributed by atoms with Gasteiger partial charge >= 0.3 is 0 Å². The van der Waals surface area contributed by atoms with Crippen molar-refractivity contribution in [3.63, 3.8) is 0 Å². The maximum absolute atomic E-state index is 9.58. The first-order valence-electron chi connectivity index (χ1n) is 11.4. The molecular weight excluding hydrogens is 430 g/mol. The van der Waals surface area contributed by atoms with Gasteiger partial charge < -0.3 is 25.2 Å². The second-order valence-corrected chi connectivity index (χ2v) is 8.35. The summed E-state index contributed by atoms with van der Waals surface area (Å²) in [6.07, 6.45) is 3.62. The van der Waals surface area contributed by atoms with Crippen molar-refractivity contribution in [3.8, 4) is 11.6 Å². The van der Waals surface area contributed by atoms with E-state index in [9.17, 15) is 5.11 Å². The van der Waals surface area contributed by atoms with Crippen LogP contribution < -0.4 is 15.5 Å². The summed E-state index contributed by atoms with van der Waals surface area (Å²) in [5, 5.41) is 15.2. The molecule has 0 saturated carbocycles. The summed E-state index contributed by atoms with van der Waals surface area (Å²) in [7, 11) is 0. The number of aromatic hydroxyl groups is 1. The lowest BCUT2D eigenvalue weighted by molar-refractivity contribution is 0.475. The normalized spacial score (nSPS) is 14.4. The molecule has 5 aromatic rings. The first kappa shape index (κ1) is 20.4. The van der Waals surface area contributed by atoms with Crippen molar-refractivity contribution in [2.45, 2.75) is 6.54 Å². The lowest BCUT2D eigenvalue weighted by atomic mass is 10.2. The Labute approximate surface area is 195 Å². The van der Waals surface area contributed by atoms with Gasteiger partial charge in [-0.15, -0.1) is 0 Å². The monoisotopic (exact) mass is 455 g/mol. The van der Waals surface area contributed by atoms with Crippen molar-refractivity contribution in [1.29, 1.82) is 0 Å². The fourth-order valence-electron chi connectivity index (χ4n) is 4.48. The first-order valence-corrected chi connectivity index (χ1v) is 11.4. The van der Waals surface area contributed by atoms with E-state index in [1.807, 2.05) is 51.8 Å². The average molecular weight is 456 g/mol. The summed E-state index contributed by atoms with van der Waals surface area (Å²) in [6.45, 7) is 4.33. The minimum atomic E-state index is 0.275. The van der Waals surface area contributed by atoms with E-state index in [1.165, 1.54) is 0 Å². The number of nitrogens with two attached hydrogens (primary N) is 1. The summed E-state index contributed by atoms with van der Waals surface area (Å²) in [4.78, 5) is 19.0. The van der Waals surface area contributed by atoms with Crippen molar-refractivity contribution >= 4 is 33.7 Å². The van der Waals surface area contributed by atoms with Gasteiger partial charge in [-0.05, 0) is 30.3 Å². The van der Waals surface area contributed by atoms with Gasteiger partial charge in [0.2, 0.25) is 5.95 Å². The SMILES string of the molecule is NCCn1cnc2c(-n3ncc4ccccc43)nc(N3CCN(c4ccc(O)cc4)CC3)nc21. The molecule has 34 heavy (non-hydrogen) atoms. The molecule has 1 saturated heterocycles. The third kappa shape index (κ3) is 3.48. The second kappa shape index (κ2) is 8.31. The summed E-state index contributed by atoms with van der Waals surface area (Å²) in [5.41, 5.74) is 9.36. The number of phenolic OH excluding ortho intramolecular Hbond substituents is 1. The van der Waals surface area contributed by atoms with E-state index in [0.29, 0.717) is 30.4 Å². The highest BCUT2D eigenvalue weighted by Crippen LogP contribution is 2.26. The van der Waals surface area contributed by atoms with Crippen molar-refractivity contribution in [2.75, 3.05) is 42.5 Å². The van der Waals surface area contributed by atoms with Crippen LogP contribution in [0.5, 0.6) is 5.75 Å². The van der Waals surface area contributed by atoms with Crippen molar-refractivity contribution in [3.05, 3.63) is 61.1 Å². The van der Waals surface area contributed by atoms with Gasteiger partial charge in [-0.2, -0.15) is 15.1 Å². The van der Waals surface area contributed by atoms with E-state index in [2.05, 4.69) is 19.9 Å². The smallest absolute Gasteiger partial charge is 0.229 e. The fourth-order valence-corrected chi connectivity index (χ4v) is 4.48. The quantitative estimate of drug-likeness (QED) is 0.414. The van der Waals surface area contributed by atoms with Gasteiger partial charge in [-0.3, -0.25) is 0 Å². The minimum Gasteiger partial charge on any atom is -0.508 e. The van der Waals surface area contributed by atoms with E-state index < -0.39 is 0 Å². The highest BCUT2D eigenvalue weighted by molar-refractivity contribution is 5.85. The van der Waals surface area contributed by atoms with Crippen LogP contribution in [0, 0.1) is 0 Å². The molecule has 6 rings (SSSR count). The Morgan fingerprint density at radius 1 is 0.912 bits per heavy atom. The molecule has 10 nitrogen and oxygen atoms in total. The maximum atomic E-state index is 9.58. The zero-order valence-electron chi connectivity index (χ0n) is 18.6. The lowest BCUT2D eigenvalue weighted by Crippen LogP contribution is -2.47. The molecule has 172 valence electrons. The van der Waals surface area contributed by atoms with Crippen LogP contribution in [-0.2, 0) is 6.54 Å². The molecule has 0 atom stereocenters. The van der Waals surface area contributed by atoms with Crippen LogP contribution in [0.1, 0.15) is 0 Å². The Morgan fingerprint density at radius 3 is 2.47 bits per heavy atom. The number of fused-ring (bicyclic) bond motifs is 2. The molecule has 4 heterocycles. The van der Waals surface area contributed by atoms with Gasteiger partial charge in [0.05, 0.1) is 18.0 Å². The van der Waals surface area contributed by atoms with Crippen LogP contribution in [0.3, 0.4) is 0 Å². The van der Waals surface area contributed by atoms with E-state index in [1.54, 1.807) is 18.5 Å². The average Bonchev–Trinajstić information content (AvgIpc) is 3.49. The predicted octanol–water partition coefficient (Wildman–Crippen LogP) is 2.16. The Kier molecular flexibility index (Phi) is 4.99. The van der Waals surface area contributed by atoms with Gasteiger partial charge in [-0.25, -0.2) is 9.67 Å². The number of hydrogen-bond acceptors (Lipinski definition) is 8. The number of phenols is 1. The van der Waals surface area contributed by atoms with Crippen LogP contribution in [-0.4, -0.2) is 67.1 Å². The molecule has 2 aromatic carbocycles. The maximum Gasteiger partial charge on any atom is 0.229 e. The number of benzene rings is 2. The van der Waals surface area contributed by atoms with Crippen molar-refractivity contribution < 1.29 is 5.11 Å². The molecule has 0 aliphatic carbocycles. The summed E-state index contributed by atoms with van der Waals surface area (Å²) < 4.78 is 3.82. The Hall–Kier alpha value is -4.18. The number of nitrogens with zero attached hydrogens (tertiary/aromatic N) is 8. The fraction of sp³-hybridized carbons (Fsp3) is 0.250. The number of rotatable bonds is 5. The Bertz CT molecular complexity index is 1450. The molecule has 1 aliphatic rings. The van der Waals surface area contributed by atoms with E-state index in [0.717, 1.165) is 48.4 Å². The van der Waals surface area contributed by atoms with E-state index in [4.69, 9.17) is 15.7 Å². The van der Waals surface area contributed by atoms with Crippen molar-refractivity contribution in [1.82, 2.24) is 29.3 Å². The number of hydrogen-bond donors (Lipinski definition) is 2. The summed E-state index contributed by atoms with van der Waals surface area (Å²) in [5.74, 6) is 1.60. The van der Waals surface area contributed by atoms with Crippen LogP contribution in [0.15, 0.2) is 61.1 Å². The molecule has 3 aromatic heterocycles. The van der Waals surface area contributed by atoms with E-state index >= 15 is 0 Å². The molecule has 10 heteroatoms. The molecule has 0 radical (unpaired) electrons. The third-order valence-electron chi connectivity index (χ3n) is 6.26. The highest BCUT2D eigenvalue weighted by atomic mass is 16.3. The number of anilines is 2. The van der Waals surface area contributed by atoms with Gasteiger partial charge in [0.25, 0.3) is 0 Å². The van der Waals surface area contributed by atoms with Crippen LogP contribution >= 0.6 is 0 Å². The molecule has 1 fully saturated rings. The molecule has 1 aliphatic heterocycles. The standard InChI is InChI=1S/C24H25N9O/c25-9-10-32-16-26-21-22(32)28-24(29-23(21)33-20-4-2-1-3-17(20)15-27-33)31-13-11-30(12-14-31)18-5-7-19(34)8-6-18/h1-8,15-16,34H,9-14,25H2. The highest BCUT2D eigenvalue weighted by Gasteiger charge is 2.23. The minimum absolute atomic E-state index is 0.275. The molecule has 3 N–H and O–H groups in total. The number of imidazole rings is 1. The van der Waals surface area contributed by atoms with Gasteiger partial charge in [0.15, 0.2) is 17.0 Å². The number of aromatic nitrogens is 6. The summed E-state index contributed by atoms with van der Waals surface area (Å²) >= 11 is 0. The Morgan fingerprint density at radius 2 is 1.68 bits per heavy atom. The number of para-hydroxylation sites is 1. The lowest BCUT2D eigenvalue weighted by Gasteiger charge is -2.36. The van der Waals surface area contributed by atoms with Gasteiger partial charge in [-0.1, -0.05) is 18.2 Å². The third-order valence-corrected chi connectivity index (χ3v) is 6.26. The van der Waals surface area contributed by atoms with Gasteiger partial charge in [0, 0.05) is 50.3 Å². The topological polar surface area (TPSA) is 114 Å². The molecule has 0 bridgehead atoms. The zero-order chi connectivity index (χ0) is 23.1. The largest absolute Gasteiger partial charge is 0.508 e. The zero-order valence-corrected chi connectivity index (χ0v) is 18.6. The van der Waals surface area contributed by atoms with E-state index in [-0.39, 0.29) is 5.75 Å². The molecule has 0 spiro atoms. The molecule has 0 amide bonds. The summed E-state index contributed by atoms with van der Waals surface area (Å²) in [6, 6.07) is 15.4. The first-order chi connectivity index (χ1) is 16.7. The molecular formula is C24H25N9O.